The number of nitrogens with one attached hydrogen (secondary N) is 2. The third-order valence-electron chi connectivity index (χ3n) is 2.79. The highest BCUT2D eigenvalue weighted by molar-refractivity contribution is 9.10. The van der Waals surface area contributed by atoms with Crippen molar-refractivity contribution in [2.75, 3.05) is 5.32 Å². The van der Waals surface area contributed by atoms with Gasteiger partial charge in [-0.25, -0.2) is 4.79 Å². The van der Waals surface area contributed by atoms with E-state index in [1.165, 1.54) is 0 Å². The first-order chi connectivity index (χ1) is 9.61. The summed E-state index contributed by atoms with van der Waals surface area (Å²) >= 11 is 3.31. The molecule has 5 nitrogen and oxygen atoms in total. The predicted octanol–water partition coefficient (Wildman–Crippen LogP) is 3.14. The lowest BCUT2D eigenvalue weighted by Crippen LogP contribution is -2.11. The van der Waals surface area contributed by atoms with Gasteiger partial charge in [-0.3, -0.25) is 9.78 Å². The van der Waals surface area contributed by atoms with E-state index in [2.05, 4.69) is 26.2 Å². The second kappa shape index (κ2) is 4.97. The lowest BCUT2D eigenvalue weighted by molar-refractivity contribution is 0.102. The summed E-state index contributed by atoms with van der Waals surface area (Å²) in [4.78, 5) is 25.6. The zero-order valence-electron chi connectivity index (χ0n) is 10.1. The average Bonchev–Trinajstić information content (AvgIpc) is 2.78. The van der Waals surface area contributed by atoms with Crippen molar-refractivity contribution in [2.45, 2.75) is 0 Å². The van der Waals surface area contributed by atoms with Gasteiger partial charge in [0.05, 0.1) is 5.52 Å². The Morgan fingerprint density at radius 1 is 1.15 bits per heavy atom. The molecule has 0 atom stereocenters. The van der Waals surface area contributed by atoms with Gasteiger partial charge < -0.3 is 9.73 Å². The number of carbonyl (C=O) groups is 1. The summed E-state index contributed by atoms with van der Waals surface area (Å²) in [5, 5.41) is 2.75. The Balaban J connectivity index is 1.86. The van der Waals surface area contributed by atoms with Crippen LogP contribution in [0.4, 0.5) is 5.69 Å². The fourth-order valence-electron chi connectivity index (χ4n) is 1.83. The normalized spacial score (nSPS) is 10.7. The maximum Gasteiger partial charge on any atom is 0.417 e. The highest BCUT2D eigenvalue weighted by Gasteiger charge is 2.07. The third kappa shape index (κ3) is 2.50. The van der Waals surface area contributed by atoms with Crippen LogP contribution in [0.1, 0.15) is 10.4 Å². The number of rotatable bonds is 2. The van der Waals surface area contributed by atoms with Gasteiger partial charge in [0.25, 0.3) is 5.91 Å². The molecule has 0 aliphatic heterocycles. The number of halogens is 1. The molecule has 2 N–H and O–H groups in total. The van der Waals surface area contributed by atoms with Crippen LogP contribution in [0.25, 0.3) is 11.1 Å². The van der Waals surface area contributed by atoms with Crippen LogP contribution >= 0.6 is 15.9 Å². The quantitative estimate of drug-likeness (QED) is 0.757. The highest BCUT2D eigenvalue weighted by atomic mass is 79.9. The molecule has 3 rings (SSSR count). The summed E-state index contributed by atoms with van der Waals surface area (Å²) in [6.45, 7) is 0. The monoisotopic (exact) mass is 332 g/mol. The number of hydrogen-bond donors (Lipinski definition) is 2. The SMILES string of the molecule is O=C(Nc1ccc2[nH]c(=O)oc2c1)c1ccc(Br)cc1. The van der Waals surface area contributed by atoms with E-state index in [1.807, 2.05) is 0 Å². The Hall–Kier alpha value is -2.34. The third-order valence-corrected chi connectivity index (χ3v) is 3.31. The zero-order valence-corrected chi connectivity index (χ0v) is 11.7. The number of aromatic amines is 1. The Morgan fingerprint density at radius 3 is 2.65 bits per heavy atom. The topological polar surface area (TPSA) is 75.1 Å². The minimum atomic E-state index is -0.517. The molecular formula is C14H9BrN2O3. The fraction of sp³-hybridized carbons (Fsp3) is 0. The van der Waals surface area contributed by atoms with E-state index in [0.717, 1.165) is 4.47 Å². The second-order valence-corrected chi connectivity index (χ2v) is 5.10. The van der Waals surface area contributed by atoms with Crippen LogP contribution in [0, 0.1) is 0 Å². The zero-order chi connectivity index (χ0) is 14.1. The number of carbonyl (C=O) groups excluding carboxylic acids is 1. The summed E-state index contributed by atoms with van der Waals surface area (Å²) in [6, 6.07) is 12.0. The van der Waals surface area contributed by atoms with E-state index in [0.29, 0.717) is 22.4 Å². The number of benzene rings is 2. The molecule has 6 heteroatoms. The molecular weight excluding hydrogens is 324 g/mol. The van der Waals surface area contributed by atoms with Gasteiger partial charge in [0.1, 0.15) is 0 Å². The van der Waals surface area contributed by atoms with Gasteiger partial charge in [-0.15, -0.1) is 0 Å². The van der Waals surface area contributed by atoms with Crippen molar-refractivity contribution in [2.24, 2.45) is 0 Å². The van der Waals surface area contributed by atoms with E-state index in [-0.39, 0.29) is 5.91 Å². The Labute approximate surface area is 121 Å². The minimum Gasteiger partial charge on any atom is -0.408 e. The number of aromatic nitrogens is 1. The molecule has 0 fully saturated rings. The van der Waals surface area contributed by atoms with Crippen molar-refractivity contribution >= 4 is 38.6 Å². The molecule has 0 unspecified atom stereocenters. The lowest BCUT2D eigenvalue weighted by Gasteiger charge is -2.05. The van der Waals surface area contributed by atoms with Gasteiger partial charge in [-0.05, 0) is 36.4 Å². The Bertz CT molecular complexity index is 833. The van der Waals surface area contributed by atoms with Crippen molar-refractivity contribution in [3.63, 3.8) is 0 Å². The van der Waals surface area contributed by atoms with Crippen LogP contribution in [-0.2, 0) is 0 Å². The van der Waals surface area contributed by atoms with Crippen LogP contribution in [0.2, 0.25) is 0 Å². The largest absolute Gasteiger partial charge is 0.417 e. The van der Waals surface area contributed by atoms with Crippen molar-refractivity contribution in [1.29, 1.82) is 0 Å². The van der Waals surface area contributed by atoms with Crippen LogP contribution < -0.4 is 11.1 Å². The highest BCUT2D eigenvalue weighted by Crippen LogP contribution is 2.17. The van der Waals surface area contributed by atoms with Crippen molar-refractivity contribution in [3.8, 4) is 0 Å². The molecule has 100 valence electrons. The average molecular weight is 333 g/mol. The smallest absolute Gasteiger partial charge is 0.408 e. The molecule has 0 aliphatic rings. The molecule has 3 aromatic rings. The van der Waals surface area contributed by atoms with Crippen LogP contribution in [0.15, 0.2) is 56.1 Å². The van der Waals surface area contributed by atoms with Gasteiger partial charge in [-0.2, -0.15) is 0 Å². The molecule has 1 aromatic heterocycles. The van der Waals surface area contributed by atoms with Gasteiger partial charge in [-0.1, -0.05) is 15.9 Å². The second-order valence-electron chi connectivity index (χ2n) is 4.19. The summed E-state index contributed by atoms with van der Waals surface area (Å²) in [7, 11) is 0. The van der Waals surface area contributed by atoms with E-state index in [9.17, 15) is 9.59 Å². The molecule has 0 bridgehead atoms. The van der Waals surface area contributed by atoms with Gasteiger partial charge in [0.2, 0.25) is 0 Å². The first-order valence-electron chi connectivity index (χ1n) is 5.81. The Kier molecular flexibility index (Phi) is 3.15. The van der Waals surface area contributed by atoms with Gasteiger partial charge in [0, 0.05) is 21.8 Å². The molecule has 0 saturated carbocycles. The maximum absolute atomic E-state index is 12.0. The van der Waals surface area contributed by atoms with Crippen LogP contribution in [0.3, 0.4) is 0 Å². The Morgan fingerprint density at radius 2 is 1.90 bits per heavy atom. The lowest BCUT2D eigenvalue weighted by atomic mass is 10.2. The minimum absolute atomic E-state index is 0.227. The number of anilines is 1. The number of amides is 1. The first-order valence-corrected chi connectivity index (χ1v) is 6.61. The fourth-order valence-corrected chi connectivity index (χ4v) is 2.09. The number of oxazole rings is 1. The molecule has 0 radical (unpaired) electrons. The number of H-pyrrole nitrogens is 1. The van der Waals surface area contributed by atoms with Crippen molar-refractivity contribution in [1.82, 2.24) is 4.98 Å². The van der Waals surface area contributed by atoms with E-state index >= 15 is 0 Å². The summed E-state index contributed by atoms with van der Waals surface area (Å²) < 4.78 is 5.85. The standard InChI is InChI=1S/C14H9BrN2O3/c15-9-3-1-8(2-4-9)13(18)16-10-5-6-11-12(7-10)20-14(19)17-11/h1-7H,(H,16,18)(H,17,19). The molecule has 0 saturated heterocycles. The van der Waals surface area contributed by atoms with E-state index in [1.54, 1.807) is 42.5 Å². The van der Waals surface area contributed by atoms with Crippen LogP contribution in [-0.4, -0.2) is 10.9 Å². The summed E-state index contributed by atoms with van der Waals surface area (Å²) in [5.41, 5.74) is 2.11. The molecule has 2 aromatic carbocycles. The van der Waals surface area contributed by atoms with Gasteiger partial charge in [0.15, 0.2) is 5.58 Å². The molecule has 1 amide bonds. The molecule has 20 heavy (non-hydrogen) atoms. The van der Waals surface area contributed by atoms with E-state index in [4.69, 9.17) is 4.42 Å². The number of fused-ring (bicyclic) bond motifs is 1. The summed E-state index contributed by atoms with van der Waals surface area (Å²) in [6.07, 6.45) is 0. The maximum atomic E-state index is 12.0. The summed E-state index contributed by atoms with van der Waals surface area (Å²) in [5.74, 6) is -0.744. The molecule has 0 spiro atoms. The van der Waals surface area contributed by atoms with Gasteiger partial charge >= 0.3 is 5.76 Å². The molecule has 1 heterocycles. The molecule has 0 aliphatic carbocycles. The number of hydrogen-bond acceptors (Lipinski definition) is 3. The van der Waals surface area contributed by atoms with Crippen molar-refractivity contribution in [3.05, 3.63) is 63.1 Å². The van der Waals surface area contributed by atoms with Crippen LogP contribution in [0.5, 0.6) is 0 Å². The first kappa shape index (κ1) is 12.7. The van der Waals surface area contributed by atoms with Crippen molar-refractivity contribution < 1.29 is 9.21 Å². The van der Waals surface area contributed by atoms with E-state index < -0.39 is 5.76 Å². The predicted molar refractivity (Wildman–Crippen MR) is 78.9 cm³/mol.